The number of aromatic carboxylic acids is 1. The van der Waals surface area contributed by atoms with Crippen LogP contribution in [0.4, 0.5) is 5.69 Å². The Morgan fingerprint density at radius 3 is 2.55 bits per heavy atom. The van der Waals surface area contributed by atoms with E-state index in [4.69, 9.17) is 26.2 Å². The molecule has 3 aromatic carbocycles. The lowest BCUT2D eigenvalue weighted by atomic mass is 10.1. The quantitative estimate of drug-likeness (QED) is 0.252. The summed E-state index contributed by atoms with van der Waals surface area (Å²) in [5.41, 5.74) is 2.42. The molecule has 0 radical (unpaired) electrons. The Bertz CT molecular complexity index is 1430. The number of carboxylic acids is 1. The number of nitrogens with zero attached hydrogens (tertiary/aromatic N) is 2. The fourth-order valence-electron chi connectivity index (χ4n) is 3.67. The third-order valence-corrected chi connectivity index (χ3v) is 7.28. The van der Waals surface area contributed by atoms with E-state index in [1.165, 1.54) is 23.9 Å². The van der Waals surface area contributed by atoms with Gasteiger partial charge in [-0.05, 0) is 107 Å². The highest BCUT2D eigenvalue weighted by Crippen LogP contribution is 2.40. The molecule has 0 unspecified atom stereocenters. The third kappa shape index (κ3) is 6.59. The van der Waals surface area contributed by atoms with E-state index >= 15 is 0 Å². The number of carboxylic acid groups (broad SMARTS) is 1. The standard InChI is InChI=1S/C28H24BrClN2O5S/c1-3-32-26(33)24(38-28(32)31-21-10-8-19(9-11-21)27(34)35)15-18-13-22(29)25(23(14-18)36-4-2)37-16-17-6-5-7-20(30)12-17/h5-15H,3-4,16H2,1-2H3,(H,34,35)/b24-15-,31-28?. The van der Waals surface area contributed by atoms with Crippen LogP contribution in [0.1, 0.15) is 35.3 Å². The highest BCUT2D eigenvalue weighted by Gasteiger charge is 2.32. The van der Waals surface area contributed by atoms with Gasteiger partial charge < -0.3 is 14.6 Å². The van der Waals surface area contributed by atoms with E-state index in [1.807, 2.05) is 50.2 Å². The number of likely N-dealkylation sites (N-methyl/N-ethyl adjacent to an activating group) is 1. The maximum atomic E-state index is 13.1. The SMILES string of the molecule is CCOc1cc(/C=C2\SC(=Nc3ccc(C(=O)O)cc3)N(CC)C2=O)cc(Br)c1OCc1cccc(Cl)c1. The smallest absolute Gasteiger partial charge is 0.335 e. The van der Waals surface area contributed by atoms with Gasteiger partial charge in [0.15, 0.2) is 16.7 Å². The molecule has 196 valence electrons. The Morgan fingerprint density at radius 1 is 1.13 bits per heavy atom. The number of amidine groups is 1. The minimum atomic E-state index is -1.01. The van der Waals surface area contributed by atoms with Crippen molar-refractivity contribution in [2.75, 3.05) is 13.2 Å². The van der Waals surface area contributed by atoms with E-state index < -0.39 is 5.97 Å². The molecule has 10 heteroatoms. The van der Waals surface area contributed by atoms with Gasteiger partial charge in [0.1, 0.15) is 6.61 Å². The van der Waals surface area contributed by atoms with Crippen molar-refractivity contribution in [1.29, 1.82) is 0 Å². The average molecular weight is 616 g/mol. The molecule has 0 atom stereocenters. The van der Waals surface area contributed by atoms with Gasteiger partial charge >= 0.3 is 5.97 Å². The van der Waals surface area contributed by atoms with Crippen LogP contribution >= 0.6 is 39.3 Å². The summed E-state index contributed by atoms with van der Waals surface area (Å²) < 4.78 is 12.6. The van der Waals surface area contributed by atoms with Gasteiger partial charge in [-0.15, -0.1) is 0 Å². The minimum absolute atomic E-state index is 0.159. The second kappa shape index (κ2) is 12.5. The minimum Gasteiger partial charge on any atom is -0.490 e. The number of amides is 1. The fourth-order valence-corrected chi connectivity index (χ4v) is 5.52. The summed E-state index contributed by atoms with van der Waals surface area (Å²) in [6.45, 7) is 4.96. The van der Waals surface area contributed by atoms with Crippen molar-refractivity contribution in [3.8, 4) is 11.5 Å². The van der Waals surface area contributed by atoms with Crippen LogP contribution in [0.25, 0.3) is 6.08 Å². The van der Waals surface area contributed by atoms with E-state index in [-0.39, 0.29) is 11.5 Å². The van der Waals surface area contributed by atoms with Crippen LogP contribution in [0.5, 0.6) is 11.5 Å². The Labute approximate surface area is 238 Å². The third-order valence-electron chi connectivity index (χ3n) is 5.44. The van der Waals surface area contributed by atoms with E-state index in [9.17, 15) is 9.59 Å². The first kappa shape index (κ1) is 27.8. The Balaban J connectivity index is 1.60. The first-order chi connectivity index (χ1) is 18.3. The number of ether oxygens (including phenoxy) is 2. The van der Waals surface area contributed by atoms with Gasteiger partial charge in [0, 0.05) is 11.6 Å². The molecule has 0 aromatic heterocycles. The van der Waals surface area contributed by atoms with Crippen LogP contribution in [0, 0.1) is 0 Å². The highest BCUT2D eigenvalue weighted by molar-refractivity contribution is 9.10. The molecule has 7 nitrogen and oxygen atoms in total. The van der Waals surface area contributed by atoms with Gasteiger partial charge in [-0.1, -0.05) is 23.7 Å². The van der Waals surface area contributed by atoms with Gasteiger partial charge in [0.25, 0.3) is 5.91 Å². The van der Waals surface area contributed by atoms with Crippen molar-refractivity contribution in [3.05, 3.63) is 91.8 Å². The van der Waals surface area contributed by atoms with Gasteiger partial charge in [0.2, 0.25) is 0 Å². The topological polar surface area (TPSA) is 88.4 Å². The van der Waals surface area contributed by atoms with E-state index in [1.54, 1.807) is 23.1 Å². The number of thioether (sulfide) groups is 1. The van der Waals surface area contributed by atoms with Gasteiger partial charge in [-0.25, -0.2) is 9.79 Å². The number of hydrogen-bond donors (Lipinski definition) is 1. The van der Waals surface area contributed by atoms with Crippen molar-refractivity contribution in [3.63, 3.8) is 0 Å². The number of hydrogen-bond acceptors (Lipinski definition) is 6. The molecule has 0 bridgehead atoms. The molecule has 1 fully saturated rings. The summed E-state index contributed by atoms with van der Waals surface area (Å²) in [5.74, 6) is -0.0603. The van der Waals surface area contributed by atoms with E-state index in [2.05, 4.69) is 20.9 Å². The van der Waals surface area contributed by atoms with Crippen molar-refractivity contribution >= 4 is 68.1 Å². The molecule has 1 amide bonds. The molecule has 1 aliphatic heterocycles. The van der Waals surface area contributed by atoms with Crippen LogP contribution in [-0.2, 0) is 11.4 Å². The summed E-state index contributed by atoms with van der Waals surface area (Å²) >= 11 is 10.9. The first-order valence-corrected chi connectivity index (χ1v) is 13.7. The number of benzene rings is 3. The summed E-state index contributed by atoms with van der Waals surface area (Å²) in [7, 11) is 0. The maximum absolute atomic E-state index is 13.1. The summed E-state index contributed by atoms with van der Waals surface area (Å²) in [5, 5.41) is 10.3. The monoisotopic (exact) mass is 614 g/mol. The Hall–Kier alpha value is -3.27. The molecular formula is C28H24BrClN2O5S. The molecule has 0 spiro atoms. The zero-order valence-electron chi connectivity index (χ0n) is 20.6. The molecule has 38 heavy (non-hydrogen) atoms. The van der Waals surface area contributed by atoms with Crippen molar-refractivity contribution < 1.29 is 24.2 Å². The predicted molar refractivity (Wildman–Crippen MR) is 155 cm³/mol. The number of carbonyl (C=O) groups is 2. The molecule has 1 saturated heterocycles. The lowest BCUT2D eigenvalue weighted by Gasteiger charge is -2.15. The van der Waals surface area contributed by atoms with Crippen LogP contribution in [-0.4, -0.2) is 40.2 Å². The maximum Gasteiger partial charge on any atom is 0.335 e. The van der Waals surface area contributed by atoms with Crippen LogP contribution in [0.3, 0.4) is 0 Å². The molecule has 3 aromatic rings. The highest BCUT2D eigenvalue weighted by atomic mass is 79.9. The van der Waals surface area contributed by atoms with E-state index in [0.29, 0.717) is 56.5 Å². The molecule has 1 heterocycles. The average Bonchev–Trinajstić information content (AvgIpc) is 3.17. The molecule has 1 N–H and O–H groups in total. The predicted octanol–water partition coefficient (Wildman–Crippen LogP) is 7.40. The van der Waals surface area contributed by atoms with Crippen LogP contribution in [0.2, 0.25) is 5.02 Å². The second-order valence-corrected chi connectivity index (χ2v) is 10.4. The number of rotatable bonds is 9. The number of carbonyl (C=O) groups excluding carboxylic acids is 1. The van der Waals surface area contributed by atoms with E-state index in [0.717, 1.165) is 11.1 Å². The molecule has 0 saturated carbocycles. The Kier molecular flexibility index (Phi) is 9.14. The largest absolute Gasteiger partial charge is 0.490 e. The van der Waals surface area contributed by atoms with Crippen LogP contribution in [0.15, 0.2) is 75.0 Å². The zero-order chi connectivity index (χ0) is 27.2. The Morgan fingerprint density at radius 2 is 1.89 bits per heavy atom. The zero-order valence-corrected chi connectivity index (χ0v) is 23.8. The fraction of sp³-hybridized carbons (Fsp3) is 0.179. The van der Waals surface area contributed by atoms with Gasteiger partial charge in [0.05, 0.1) is 27.2 Å². The van der Waals surface area contributed by atoms with Crippen molar-refractivity contribution in [1.82, 2.24) is 4.90 Å². The normalized spacial score (nSPS) is 15.4. The van der Waals surface area contributed by atoms with Gasteiger partial charge in [-0.3, -0.25) is 9.69 Å². The molecular weight excluding hydrogens is 592 g/mol. The lowest BCUT2D eigenvalue weighted by Crippen LogP contribution is -2.28. The van der Waals surface area contributed by atoms with Crippen LogP contribution < -0.4 is 9.47 Å². The van der Waals surface area contributed by atoms with Crippen molar-refractivity contribution in [2.24, 2.45) is 4.99 Å². The molecule has 0 aliphatic carbocycles. The number of halogens is 2. The first-order valence-electron chi connectivity index (χ1n) is 11.8. The summed E-state index contributed by atoms with van der Waals surface area (Å²) in [6.07, 6.45) is 1.79. The van der Waals surface area contributed by atoms with Gasteiger partial charge in [-0.2, -0.15) is 0 Å². The lowest BCUT2D eigenvalue weighted by molar-refractivity contribution is -0.122. The molecule has 1 aliphatic rings. The molecule has 4 rings (SSSR count). The summed E-state index contributed by atoms with van der Waals surface area (Å²) in [4.78, 5) is 30.9. The van der Waals surface area contributed by atoms with Crippen molar-refractivity contribution in [2.45, 2.75) is 20.5 Å². The number of aliphatic imine (C=N–C) groups is 1. The second-order valence-electron chi connectivity index (χ2n) is 8.09. The summed E-state index contributed by atoms with van der Waals surface area (Å²) in [6, 6.07) is 17.4.